The van der Waals surface area contributed by atoms with Gasteiger partial charge in [-0.25, -0.2) is 13.1 Å². The van der Waals surface area contributed by atoms with Gasteiger partial charge in [-0.15, -0.1) is 0 Å². The van der Waals surface area contributed by atoms with E-state index in [4.69, 9.17) is 0 Å². The van der Waals surface area contributed by atoms with Gasteiger partial charge in [0, 0.05) is 24.7 Å². The molecule has 2 aromatic carbocycles. The predicted molar refractivity (Wildman–Crippen MR) is 102 cm³/mol. The van der Waals surface area contributed by atoms with E-state index in [1.54, 1.807) is 35.2 Å². The van der Waals surface area contributed by atoms with Gasteiger partial charge in [-0.1, -0.05) is 37.3 Å². The monoisotopic (exact) mass is 372 g/mol. The van der Waals surface area contributed by atoms with E-state index in [0.717, 1.165) is 6.42 Å². The quantitative estimate of drug-likeness (QED) is 0.878. The highest BCUT2D eigenvalue weighted by atomic mass is 32.2. The van der Waals surface area contributed by atoms with Crippen molar-refractivity contribution >= 4 is 15.9 Å². The number of nitrogens with zero attached hydrogens (tertiary/aromatic N) is 1. The Morgan fingerprint density at radius 1 is 1.04 bits per heavy atom. The Morgan fingerprint density at radius 2 is 1.65 bits per heavy atom. The average molecular weight is 372 g/mol. The Labute approximate surface area is 155 Å². The molecule has 0 aromatic heterocycles. The lowest BCUT2D eigenvalue weighted by molar-refractivity contribution is 0.0711. The zero-order valence-electron chi connectivity index (χ0n) is 14.9. The third-order valence-corrected chi connectivity index (χ3v) is 6.30. The second-order valence-corrected chi connectivity index (χ2v) is 8.27. The third-order valence-electron chi connectivity index (χ3n) is 4.77. The van der Waals surface area contributed by atoms with Gasteiger partial charge in [0.1, 0.15) is 0 Å². The lowest BCUT2D eigenvalue weighted by Gasteiger charge is -2.32. The summed E-state index contributed by atoms with van der Waals surface area (Å²) in [6.45, 7) is 3.19. The van der Waals surface area contributed by atoms with Crippen LogP contribution in [0.5, 0.6) is 0 Å². The molecule has 0 radical (unpaired) electrons. The standard InChI is InChI=1S/C20H24N2O3S/c1-2-16-8-10-17(11-9-16)20(23)22-14-12-18(13-15-22)21-26(24,25)19-6-4-3-5-7-19/h3-11,18,21H,2,12-15H2,1H3. The van der Waals surface area contributed by atoms with Crippen LogP contribution in [0.15, 0.2) is 59.5 Å². The molecule has 6 heteroatoms. The molecule has 0 aliphatic carbocycles. The SMILES string of the molecule is CCc1ccc(C(=O)N2CCC(NS(=O)(=O)c3ccccc3)CC2)cc1. The Morgan fingerprint density at radius 3 is 2.23 bits per heavy atom. The van der Waals surface area contributed by atoms with Gasteiger partial charge < -0.3 is 4.90 Å². The molecule has 0 unspecified atom stereocenters. The number of hydrogen-bond acceptors (Lipinski definition) is 3. The van der Waals surface area contributed by atoms with Gasteiger partial charge in [0.2, 0.25) is 10.0 Å². The summed E-state index contributed by atoms with van der Waals surface area (Å²) in [7, 11) is -3.51. The van der Waals surface area contributed by atoms with E-state index in [-0.39, 0.29) is 16.8 Å². The van der Waals surface area contributed by atoms with Gasteiger partial charge in [0.05, 0.1) is 4.90 Å². The summed E-state index contributed by atoms with van der Waals surface area (Å²) in [5, 5.41) is 0. The number of amides is 1. The van der Waals surface area contributed by atoms with Crippen LogP contribution in [-0.4, -0.2) is 38.4 Å². The number of sulfonamides is 1. The Hall–Kier alpha value is -2.18. The van der Waals surface area contributed by atoms with Crippen LogP contribution in [0, 0.1) is 0 Å². The highest BCUT2D eigenvalue weighted by molar-refractivity contribution is 7.89. The number of likely N-dealkylation sites (tertiary alicyclic amines) is 1. The van der Waals surface area contributed by atoms with Gasteiger partial charge in [0.25, 0.3) is 5.91 Å². The van der Waals surface area contributed by atoms with Crippen molar-refractivity contribution in [1.82, 2.24) is 9.62 Å². The van der Waals surface area contributed by atoms with Gasteiger partial charge >= 0.3 is 0 Å². The summed E-state index contributed by atoms with van der Waals surface area (Å²) >= 11 is 0. The maximum atomic E-state index is 12.6. The molecule has 0 saturated carbocycles. The normalized spacial score (nSPS) is 15.8. The third kappa shape index (κ3) is 4.31. The molecular weight excluding hydrogens is 348 g/mol. The van der Waals surface area contributed by atoms with E-state index in [1.165, 1.54) is 5.56 Å². The van der Waals surface area contributed by atoms with E-state index in [1.807, 2.05) is 24.3 Å². The summed E-state index contributed by atoms with van der Waals surface area (Å²) < 4.78 is 27.6. The molecule has 26 heavy (non-hydrogen) atoms. The Balaban J connectivity index is 1.58. The number of rotatable bonds is 5. The molecule has 138 valence electrons. The minimum Gasteiger partial charge on any atom is -0.339 e. The summed E-state index contributed by atoms with van der Waals surface area (Å²) in [6.07, 6.45) is 2.18. The topological polar surface area (TPSA) is 66.5 Å². The van der Waals surface area contributed by atoms with Crippen LogP contribution >= 0.6 is 0 Å². The van der Waals surface area contributed by atoms with Gasteiger partial charge in [-0.05, 0) is 49.1 Å². The maximum absolute atomic E-state index is 12.6. The molecule has 0 spiro atoms. The van der Waals surface area contributed by atoms with E-state index in [9.17, 15) is 13.2 Å². The van der Waals surface area contributed by atoms with Gasteiger partial charge in [-0.3, -0.25) is 4.79 Å². The molecule has 2 aromatic rings. The van der Waals surface area contributed by atoms with Gasteiger partial charge in [0.15, 0.2) is 0 Å². The maximum Gasteiger partial charge on any atom is 0.253 e. The fraction of sp³-hybridized carbons (Fsp3) is 0.350. The van der Waals surface area contributed by atoms with Crippen LogP contribution in [0.4, 0.5) is 0 Å². The van der Waals surface area contributed by atoms with Crippen molar-refractivity contribution in [3.8, 4) is 0 Å². The molecule has 3 rings (SSSR count). The lowest BCUT2D eigenvalue weighted by atomic mass is 10.0. The summed E-state index contributed by atoms with van der Waals surface area (Å²) in [5.41, 5.74) is 1.89. The fourth-order valence-electron chi connectivity index (χ4n) is 3.15. The molecule has 1 amide bonds. The zero-order valence-corrected chi connectivity index (χ0v) is 15.7. The smallest absolute Gasteiger partial charge is 0.253 e. The molecule has 1 fully saturated rings. The van der Waals surface area contributed by atoms with Crippen molar-refractivity contribution in [1.29, 1.82) is 0 Å². The van der Waals surface area contributed by atoms with E-state index < -0.39 is 10.0 Å². The first-order valence-electron chi connectivity index (χ1n) is 8.95. The van der Waals surface area contributed by atoms with Crippen molar-refractivity contribution < 1.29 is 13.2 Å². The fourth-order valence-corrected chi connectivity index (χ4v) is 4.48. The first kappa shape index (κ1) is 18.6. The zero-order chi connectivity index (χ0) is 18.6. The van der Waals surface area contributed by atoms with Crippen LogP contribution in [0.3, 0.4) is 0 Å². The first-order chi connectivity index (χ1) is 12.5. The van der Waals surface area contributed by atoms with Crippen molar-refractivity contribution in [2.24, 2.45) is 0 Å². The molecule has 1 aliphatic heterocycles. The Kier molecular flexibility index (Phi) is 5.74. The summed E-state index contributed by atoms with van der Waals surface area (Å²) in [4.78, 5) is 14.7. The van der Waals surface area contributed by atoms with Crippen LogP contribution in [-0.2, 0) is 16.4 Å². The summed E-state index contributed by atoms with van der Waals surface area (Å²) in [5.74, 6) is 0.0111. The molecule has 0 bridgehead atoms. The first-order valence-corrected chi connectivity index (χ1v) is 10.4. The number of nitrogens with one attached hydrogen (secondary N) is 1. The molecule has 0 atom stereocenters. The van der Waals surface area contributed by atoms with Crippen LogP contribution < -0.4 is 4.72 Å². The van der Waals surface area contributed by atoms with Crippen LogP contribution in [0.25, 0.3) is 0 Å². The molecule has 1 saturated heterocycles. The minimum absolute atomic E-state index is 0.0111. The number of benzene rings is 2. The molecule has 5 nitrogen and oxygen atoms in total. The van der Waals surface area contributed by atoms with Crippen molar-refractivity contribution in [3.05, 3.63) is 65.7 Å². The molecular formula is C20H24N2O3S. The second-order valence-electron chi connectivity index (χ2n) is 6.55. The van der Waals surface area contributed by atoms with Crippen LogP contribution in [0.2, 0.25) is 0 Å². The van der Waals surface area contributed by atoms with E-state index >= 15 is 0 Å². The number of carbonyl (C=O) groups is 1. The molecule has 1 aliphatic rings. The minimum atomic E-state index is -3.51. The highest BCUT2D eigenvalue weighted by Crippen LogP contribution is 2.17. The van der Waals surface area contributed by atoms with E-state index in [0.29, 0.717) is 31.5 Å². The largest absolute Gasteiger partial charge is 0.339 e. The lowest BCUT2D eigenvalue weighted by Crippen LogP contribution is -2.46. The number of aryl methyl sites for hydroxylation is 1. The van der Waals surface area contributed by atoms with Crippen LogP contribution in [0.1, 0.15) is 35.7 Å². The highest BCUT2D eigenvalue weighted by Gasteiger charge is 2.27. The van der Waals surface area contributed by atoms with E-state index in [2.05, 4.69) is 11.6 Å². The van der Waals surface area contributed by atoms with Crippen molar-refractivity contribution in [3.63, 3.8) is 0 Å². The molecule has 1 N–H and O–H groups in total. The van der Waals surface area contributed by atoms with Crippen molar-refractivity contribution in [2.75, 3.05) is 13.1 Å². The van der Waals surface area contributed by atoms with Crippen molar-refractivity contribution in [2.45, 2.75) is 37.1 Å². The summed E-state index contributed by atoms with van der Waals surface area (Å²) in [6, 6.07) is 15.9. The number of carbonyl (C=O) groups excluding carboxylic acids is 1. The number of hydrogen-bond donors (Lipinski definition) is 1. The molecule has 1 heterocycles. The van der Waals surface area contributed by atoms with Gasteiger partial charge in [-0.2, -0.15) is 0 Å². The number of piperidine rings is 1. The predicted octanol–water partition coefficient (Wildman–Crippen LogP) is 2.83. The second kappa shape index (κ2) is 8.01. The Bertz CT molecular complexity index is 840. The average Bonchev–Trinajstić information content (AvgIpc) is 2.68.